The number of benzene rings is 1. The topological polar surface area (TPSA) is 81.5 Å². The lowest BCUT2D eigenvalue weighted by atomic mass is 10.2. The van der Waals surface area contributed by atoms with E-state index in [0.717, 1.165) is 0 Å². The van der Waals surface area contributed by atoms with Crippen LogP contribution in [0.5, 0.6) is 11.5 Å². The molecular weight excluding hydrogens is 260 g/mol. The van der Waals surface area contributed by atoms with E-state index in [1.807, 2.05) is 0 Å². The molecule has 1 heterocycles. The third-order valence-corrected chi connectivity index (χ3v) is 2.79. The minimum Gasteiger partial charge on any atom is -0.493 e. The van der Waals surface area contributed by atoms with Crippen molar-refractivity contribution in [2.45, 2.75) is 0 Å². The number of ether oxygens (including phenoxy) is 2. The number of rotatable bonds is 3. The van der Waals surface area contributed by atoms with Gasteiger partial charge in [0.15, 0.2) is 17.2 Å². The van der Waals surface area contributed by atoms with Gasteiger partial charge in [-0.25, -0.2) is 4.79 Å². The Bertz CT molecular complexity index is 630. The molecule has 0 aliphatic carbocycles. The first-order valence-corrected chi connectivity index (χ1v) is 5.27. The fourth-order valence-electron chi connectivity index (χ4n) is 1.54. The first-order valence-electron chi connectivity index (χ1n) is 4.89. The molecule has 0 fully saturated rings. The van der Waals surface area contributed by atoms with Crippen LogP contribution < -0.4 is 9.47 Å². The molecule has 2 aromatic rings. The monoisotopic (exact) mass is 268 g/mol. The molecule has 0 saturated heterocycles. The SMILES string of the molecule is COc1cc2nnc(C(=O)O)c(Cl)c2cc1OC. The number of aromatic carboxylic acids is 1. The summed E-state index contributed by atoms with van der Waals surface area (Å²) in [7, 11) is 2.97. The van der Waals surface area contributed by atoms with E-state index in [4.69, 9.17) is 26.2 Å². The number of carboxylic acids is 1. The van der Waals surface area contributed by atoms with Gasteiger partial charge in [-0.15, -0.1) is 10.2 Å². The van der Waals surface area contributed by atoms with E-state index in [2.05, 4.69) is 10.2 Å². The Morgan fingerprint density at radius 3 is 2.39 bits per heavy atom. The Morgan fingerprint density at radius 2 is 1.83 bits per heavy atom. The van der Waals surface area contributed by atoms with Crippen LogP contribution in [0, 0.1) is 0 Å². The fraction of sp³-hybridized carbons (Fsp3) is 0.182. The van der Waals surface area contributed by atoms with Gasteiger partial charge in [-0.1, -0.05) is 11.6 Å². The number of aromatic nitrogens is 2. The maximum Gasteiger partial charge on any atom is 0.358 e. The molecule has 18 heavy (non-hydrogen) atoms. The standard InChI is InChI=1S/C11H9ClN2O4/c1-17-7-3-5-6(4-8(7)18-2)13-14-10(9(5)12)11(15)16/h3-4H,1-2H3,(H,15,16). The van der Waals surface area contributed by atoms with Crippen molar-refractivity contribution < 1.29 is 19.4 Å². The second-order valence-electron chi connectivity index (χ2n) is 3.39. The summed E-state index contributed by atoms with van der Waals surface area (Å²) < 4.78 is 10.2. The molecule has 1 aromatic heterocycles. The lowest BCUT2D eigenvalue weighted by Crippen LogP contribution is -2.04. The lowest BCUT2D eigenvalue weighted by molar-refractivity contribution is 0.0689. The van der Waals surface area contributed by atoms with Gasteiger partial charge in [0.25, 0.3) is 0 Å². The van der Waals surface area contributed by atoms with Gasteiger partial charge in [-0.05, 0) is 6.07 Å². The molecule has 0 aliphatic rings. The Morgan fingerprint density at radius 1 is 1.22 bits per heavy atom. The van der Waals surface area contributed by atoms with E-state index >= 15 is 0 Å². The molecule has 0 spiro atoms. The smallest absolute Gasteiger partial charge is 0.358 e. The van der Waals surface area contributed by atoms with Crippen molar-refractivity contribution in [1.82, 2.24) is 10.2 Å². The Labute approximate surface area is 107 Å². The van der Waals surface area contributed by atoms with Crippen molar-refractivity contribution in [2.24, 2.45) is 0 Å². The van der Waals surface area contributed by atoms with Crippen molar-refractivity contribution in [3.63, 3.8) is 0 Å². The average Bonchev–Trinajstić information content (AvgIpc) is 2.37. The zero-order chi connectivity index (χ0) is 13.3. The van der Waals surface area contributed by atoms with Crippen molar-refractivity contribution >= 4 is 28.5 Å². The number of carboxylic acid groups (broad SMARTS) is 1. The van der Waals surface area contributed by atoms with Crippen LogP contribution in [-0.4, -0.2) is 35.5 Å². The summed E-state index contributed by atoms with van der Waals surface area (Å²) in [6.45, 7) is 0. The average molecular weight is 269 g/mol. The Kier molecular flexibility index (Phi) is 3.20. The quantitative estimate of drug-likeness (QED) is 0.917. The number of hydrogen-bond donors (Lipinski definition) is 1. The maximum atomic E-state index is 10.9. The minimum absolute atomic E-state index is 0.0217. The molecule has 0 atom stereocenters. The molecule has 94 valence electrons. The number of fused-ring (bicyclic) bond motifs is 1. The van der Waals surface area contributed by atoms with E-state index in [1.54, 1.807) is 12.1 Å². The molecule has 0 radical (unpaired) electrons. The molecule has 0 saturated carbocycles. The van der Waals surface area contributed by atoms with Crippen LogP contribution in [0.3, 0.4) is 0 Å². The van der Waals surface area contributed by atoms with Gasteiger partial charge < -0.3 is 14.6 Å². The maximum absolute atomic E-state index is 10.9. The first kappa shape index (κ1) is 12.4. The van der Waals surface area contributed by atoms with Gasteiger partial charge in [0.05, 0.1) is 24.8 Å². The van der Waals surface area contributed by atoms with Crippen molar-refractivity contribution in [1.29, 1.82) is 0 Å². The Balaban J connectivity index is 2.77. The lowest BCUT2D eigenvalue weighted by Gasteiger charge is -2.09. The first-order chi connectivity index (χ1) is 8.58. The largest absolute Gasteiger partial charge is 0.493 e. The summed E-state index contributed by atoms with van der Waals surface area (Å²) in [5.74, 6) is -0.320. The molecular formula is C11H9ClN2O4. The predicted molar refractivity (Wildman–Crippen MR) is 64.6 cm³/mol. The molecule has 6 nitrogen and oxygen atoms in total. The summed E-state index contributed by atoms with van der Waals surface area (Å²) in [4.78, 5) is 10.9. The number of carbonyl (C=O) groups is 1. The van der Waals surface area contributed by atoms with Crippen molar-refractivity contribution in [2.75, 3.05) is 14.2 Å². The normalized spacial score (nSPS) is 10.4. The molecule has 0 bridgehead atoms. The third kappa shape index (κ3) is 1.91. The minimum atomic E-state index is -1.23. The molecule has 1 aromatic carbocycles. The zero-order valence-electron chi connectivity index (χ0n) is 9.60. The summed E-state index contributed by atoms with van der Waals surface area (Å²) in [5.41, 5.74) is 0.138. The van der Waals surface area contributed by atoms with Gasteiger partial charge in [0.1, 0.15) is 0 Å². The van der Waals surface area contributed by atoms with E-state index in [0.29, 0.717) is 22.4 Å². The van der Waals surface area contributed by atoms with Crippen LogP contribution >= 0.6 is 11.6 Å². The second-order valence-corrected chi connectivity index (χ2v) is 3.77. The fourth-order valence-corrected chi connectivity index (χ4v) is 1.81. The highest BCUT2D eigenvalue weighted by Gasteiger charge is 2.17. The van der Waals surface area contributed by atoms with Gasteiger partial charge in [0, 0.05) is 11.5 Å². The van der Waals surface area contributed by atoms with E-state index in [1.165, 1.54) is 14.2 Å². The molecule has 7 heteroatoms. The van der Waals surface area contributed by atoms with Gasteiger partial charge in [-0.3, -0.25) is 0 Å². The number of halogens is 1. The molecule has 0 amide bonds. The summed E-state index contributed by atoms with van der Waals surface area (Å²) >= 11 is 5.98. The molecule has 0 unspecified atom stereocenters. The van der Waals surface area contributed by atoms with Crippen LogP contribution in [0.25, 0.3) is 10.9 Å². The van der Waals surface area contributed by atoms with Crippen LogP contribution in [0.4, 0.5) is 0 Å². The zero-order valence-corrected chi connectivity index (χ0v) is 10.4. The van der Waals surface area contributed by atoms with Gasteiger partial charge >= 0.3 is 5.97 Å². The number of hydrogen-bond acceptors (Lipinski definition) is 5. The summed E-state index contributed by atoms with van der Waals surface area (Å²) in [5, 5.41) is 16.7. The van der Waals surface area contributed by atoms with Crippen molar-refractivity contribution in [3.05, 3.63) is 22.8 Å². The summed E-state index contributed by atoms with van der Waals surface area (Å²) in [6, 6.07) is 3.15. The van der Waals surface area contributed by atoms with Crippen LogP contribution in [0.15, 0.2) is 12.1 Å². The Hall–Kier alpha value is -2.08. The second kappa shape index (κ2) is 4.66. The van der Waals surface area contributed by atoms with Crippen LogP contribution in [0.1, 0.15) is 10.5 Å². The summed E-state index contributed by atoms with van der Waals surface area (Å²) in [6.07, 6.45) is 0. The predicted octanol–water partition coefficient (Wildman–Crippen LogP) is 2.00. The highest BCUT2D eigenvalue weighted by Crippen LogP contribution is 2.34. The van der Waals surface area contributed by atoms with Crippen LogP contribution in [-0.2, 0) is 0 Å². The van der Waals surface area contributed by atoms with E-state index in [-0.39, 0.29) is 10.7 Å². The number of nitrogens with zero attached hydrogens (tertiary/aromatic N) is 2. The van der Waals surface area contributed by atoms with E-state index < -0.39 is 5.97 Å². The molecule has 2 rings (SSSR count). The highest BCUT2D eigenvalue weighted by atomic mass is 35.5. The number of methoxy groups -OCH3 is 2. The third-order valence-electron chi connectivity index (χ3n) is 2.41. The van der Waals surface area contributed by atoms with Gasteiger partial charge in [-0.2, -0.15) is 0 Å². The van der Waals surface area contributed by atoms with Crippen LogP contribution in [0.2, 0.25) is 5.02 Å². The van der Waals surface area contributed by atoms with E-state index in [9.17, 15) is 4.79 Å². The van der Waals surface area contributed by atoms with Crippen molar-refractivity contribution in [3.8, 4) is 11.5 Å². The highest BCUT2D eigenvalue weighted by molar-refractivity contribution is 6.37. The molecule has 0 aliphatic heterocycles. The van der Waals surface area contributed by atoms with Gasteiger partial charge in [0.2, 0.25) is 0 Å². The molecule has 1 N–H and O–H groups in total.